The highest BCUT2D eigenvalue weighted by molar-refractivity contribution is 6.76. The number of hydrogen-bond donors (Lipinski definition) is 0. The zero-order valence-electron chi connectivity index (χ0n) is 24.8. The maximum absolute atomic E-state index is 15.3. The molecule has 1 fully saturated rings. The molecule has 1 aromatic carbocycles. The van der Waals surface area contributed by atoms with Gasteiger partial charge in [-0.05, 0) is 50.9 Å². The molecule has 1 saturated heterocycles. The van der Waals surface area contributed by atoms with Gasteiger partial charge in [-0.1, -0.05) is 45.6 Å². The topological polar surface area (TPSA) is 72.5 Å². The zero-order chi connectivity index (χ0) is 29.0. The molecule has 0 saturated carbocycles. The predicted molar refractivity (Wildman–Crippen MR) is 152 cm³/mol. The second-order valence-electron chi connectivity index (χ2n) is 12.2. The van der Waals surface area contributed by atoms with Crippen molar-refractivity contribution in [2.45, 2.75) is 90.8 Å². The summed E-state index contributed by atoms with van der Waals surface area (Å²) < 4.78 is 50.5. The Hall–Kier alpha value is -2.20. The van der Waals surface area contributed by atoms with Crippen LogP contribution < -0.4 is 9.47 Å². The fourth-order valence-electron chi connectivity index (χ4n) is 4.58. The highest BCUT2D eigenvalue weighted by Crippen LogP contribution is 2.38. The number of halogens is 1. The minimum atomic E-state index is -1.30. The summed E-state index contributed by atoms with van der Waals surface area (Å²) >= 11 is 0. The van der Waals surface area contributed by atoms with Crippen LogP contribution in [0.5, 0.6) is 11.5 Å². The van der Waals surface area contributed by atoms with Crippen molar-refractivity contribution in [3.63, 3.8) is 0 Å². The molecule has 2 aliphatic rings. The van der Waals surface area contributed by atoms with Crippen molar-refractivity contribution in [3.8, 4) is 11.5 Å². The van der Waals surface area contributed by atoms with Crippen molar-refractivity contribution in [1.29, 1.82) is 0 Å². The average Bonchev–Trinajstić information content (AvgIpc) is 3.14. The Morgan fingerprint density at radius 1 is 1.10 bits per heavy atom. The Labute approximate surface area is 233 Å². The molecule has 0 radical (unpaired) electrons. The minimum absolute atomic E-state index is 0.0520. The third kappa shape index (κ3) is 8.64. The predicted octanol–water partition coefficient (Wildman–Crippen LogP) is 6.99. The molecule has 5 atom stereocenters. The Kier molecular flexibility index (Phi) is 10.4. The summed E-state index contributed by atoms with van der Waals surface area (Å²) in [7, 11) is 0.211. The highest BCUT2D eigenvalue weighted by atomic mass is 28.3. The van der Waals surface area contributed by atoms with Gasteiger partial charge < -0.3 is 28.4 Å². The van der Waals surface area contributed by atoms with E-state index in [2.05, 4.69) is 19.6 Å². The van der Waals surface area contributed by atoms with E-state index < -0.39 is 38.0 Å². The van der Waals surface area contributed by atoms with Crippen molar-refractivity contribution in [1.82, 2.24) is 0 Å². The summed E-state index contributed by atoms with van der Waals surface area (Å²) in [6.07, 6.45) is 4.29. The van der Waals surface area contributed by atoms with Gasteiger partial charge in [-0.25, -0.2) is 9.18 Å². The van der Waals surface area contributed by atoms with E-state index >= 15 is 4.39 Å². The molecule has 0 bridgehead atoms. The Morgan fingerprint density at radius 2 is 1.82 bits per heavy atom. The summed E-state index contributed by atoms with van der Waals surface area (Å²) in [6.45, 7) is 16.4. The van der Waals surface area contributed by atoms with Gasteiger partial charge in [-0.3, -0.25) is 0 Å². The SMILES string of the molecule is COCOc1cc(OCC[Si](C)(C)C)cc2c1C(=O)O[C@@H](C)[C@H](C)/C=C(/F)C(C)C1OC(C)(C)OC1CC=C2. The van der Waals surface area contributed by atoms with Gasteiger partial charge in [0, 0.05) is 33.1 Å². The van der Waals surface area contributed by atoms with E-state index in [1.54, 1.807) is 19.9 Å². The van der Waals surface area contributed by atoms with Crippen LogP contribution in [0.2, 0.25) is 25.7 Å². The van der Waals surface area contributed by atoms with Crippen LogP contribution in [0, 0.1) is 11.8 Å². The Morgan fingerprint density at radius 3 is 2.49 bits per heavy atom. The number of carbonyl (C=O) groups is 1. The molecule has 9 heteroatoms. The average molecular weight is 565 g/mol. The number of benzene rings is 1. The van der Waals surface area contributed by atoms with Gasteiger partial charge in [-0.15, -0.1) is 0 Å². The standard InChI is InChI=1S/C30H45FO7Si/c1-19-15-24(31)20(2)28-25(37-30(4,5)38-28)12-10-11-22-16-23(34-13-14-39(7,8)9)17-26(35-18-33-6)27(22)29(32)36-21(19)3/h10-11,15-17,19-21,25,28H,12-14,18H2,1-9H3/b11-10?,24-15+/t19-,20?,21+,25?,28?/m1/s1. The summed E-state index contributed by atoms with van der Waals surface area (Å²) in [5.74, 6) is -1.71. The van der Waals surface area contributed by atoms with Gasteiger partial charge in [-0.2, -0.15) is 0 Å². The van der Waals surface area contributed by atoms with E-state index in [0.717, 1.165) is 6.04 Å². The van der Waals surface area contributed by atoms with Gasteiger partial charge in [0.2, 0.25) is 0 Å². The molecule has 1 aromatic rings. The van der Waals surface area contributed by atoms with Crippen LogP contribution in [0.1, 0.15) is 57.0 Å². The van der Waals surface area contributed by atoms with Crippen molar-refractivity contribution in [3.05, 3.63) is 41.2 Å². The largest absolute Gasteiger partial charge is 0.494 e. The van der Waals surface area contributed by atoms with E-state index in [1.807, 2.05) is 39.0 Å². The number of fused-ring (bicyclic) bond motifs is 2. The van der Waals surface area contributed by atoms with Crippen LogP contribution in [0.4, 0.5) is 4.39 Å². The van der Waals surface area contributed by atoms with Crippen molar-refractivity contribution in [2.75, 3.05) is 20.5 Å². The molecule has 2 heterocycles. The molecule has 0 aliphatic carbocycles. The number of hydrogen-bond acceptors (Lipinski definition) is 7. The van der Waals surface area contributed by atoms with E-state index in [4.69, 9.17) is 28.4 Å². The third-order valence-electron chi connectivity index (χ3n) is 7.03. The van der Waals surface area contributed by atoms with Crippen molar-refractivity contribution in [2.24, 2.45) is 11.8 Å². The van der Waals surface area contributed by atoms with Crippen LogP contribution in [0.3, 0.4) is 0 Å². The summed E-state index contributed by atoms with van der Waals surface area (Å²) in [4.78, 5) is 13.5. The molecule has 3 rings (SSSR count). The number of rotatable bonds is 7. The highest BCUT2D eigenvalue weighted by Gasteiger charge is 2.44. The Bertz CT molecular complexity index is 1060. The lowest BCUT2D eigenvalue weighted by Gasteiger charge is -2.24. The first-order valence-corrected chi connectivity index (χ1v) is 17.4. The smallest absolute Gasteiger partial charge is 0.342 e. The number of esters is 1. The van der Waals surface area contributed by atoms with Gasteiger partial charge in [0.25, 0.3) is 0 Å². The molecular weight excluding hydrogens is 519 g/mol. The molecule has 39 heavy (non-hydrogen) atoms. The molecule has 7 nitrogen and oxygen atoms in total. The first-order valence-electron chi connectivity index (χ1n) is 13.7. The number of cyclic esters (lactones) is 1. The van der Waals surface area contributed by atoms with Crippen LogP contribution in [0.25, 0.3) is 6.08 Å². The molecule has 2 aliphatic heterocycles. The first-order chi connectivity index (χ1) is 18.2. The number of methoxy groups -OCH3 is 1. The number of ether oxygens (including phenoxy) is 6. The first kappa shape index (κ1) is 31.3. The molecule has 0 N–H and O–H groups in total. The van der Waals surface area contributed by atoms with Gasteiger partial charge >= 0.3 is 5.97 Å². The fraction of sp³-hybridized carbons (Fsp3) is 0.633. The van der Waals surface area contributed by atoms with Crippen LogP contribution in [0.15, 0.2) is 30.1 Å². The van der Waals surface area contributed by atoms with E-state index in [1.165, 1.54) is 13.2 Å². The van der Waals surface area contributed by atoms with Crippen LogP contribution in [-0.2, 0) is 18.9 Å². The summed E-state index contributed by atoms with van der Waals surface area (Å²) in [5, 5.41) is 0. The second-order valence-corrected chi connectivity index (χ2v) is 17.8. The zero-order valence-corrected chi connectivity index (χ0v) is 25.8. The molecule has 3 unspecified atom stereocenters. The Balaban J connectivity index is 2.06. The van der Waals surface area contributed by atoms with E-state index in [0.29, 0.717) is 30.1 Å². The molecular formula is C30H45FO7Si. The third-order valence-corrected chi connectivity index (χ3v) is 8.74. The number of carbonyl (C=O) groups excluding carboxylic acids is 1. The van der Waals surface area contributed by atoms with Gasteiger partial charge in [0.1, 0.15) is 29.0 Å². The van der Waals surface area contributed by atoms with Crippen LogP contribution in [-0.4, -0.2) is 58.7 Å². The lowest BCUT2D eigenvalue weighted by Crippen LogP contribution is -2.30. The molecule has 0 amide bonds. The van der Waals surface area contributed by atoms with E-state index in [-0.39, 0.29) is 30.2 Å². The monoisotopic (exact) mass is 564 g/mol. The molecule has 0 spiro atoms. The molecule has 218 valence electrons. The lowest BCUT2D eigenvalue weighted by atomic mass is 9.93. The summed E-state index contributed by atoms with van der Waals surface area (Å²) in [6, 6.07) is 4.51. The lowest BCUT2D eigenvalue weighted by molar-refractivity contribution is -0.149. The normalized spacial score (nSPS) is 28.9. The van der Waals surface area contributed by atoms with Gasteiger partial charge in [0.05, 0.1) is 18.8 Å². The quantitative estimate of drug-likeness (QED) is 0.201. The van der Waals surface area contributed by atoms with Crippen molar-refractivity contribution < 1.29 is 37.6 Å². The second kappa shape index (κ2) is 13.0. The maximum atomic E-state index is 15.3. The van der Waals surface area contributed by atoms with E-state index in [9.17, 15) is 4.79 Å². The fourth-order valence-corrected chi connectivity index (χ4v) is 5.30. The van der Waals surface area contributed by atoms with Crippen LogP contribution >= 0.6 is 0 Å². The van der Waals surface area contributed by atoms with Crippen molar-refractivity contribution >= 4 is 20.1 Å². The summed E-state index contributed by atoms with van der Waals surface area (Å²) in [5.41, 5.74) is 0.855. The van der Waals surface area contributed by atoms with Gasteiger partial charge in [0.15, 0.2) is 12.6 Å². The minimum Gasteiger partial charge on any atom is -0.494 e. The maximum Gasteiger partial charge on any atom is 0.342 e. The molecule has 0 aromatic heterocycles.